The van der Waals surface area contributed by atoms with Gasteiger partial charge in [-0.15, -0.1) is 24.5 Å². The van der Waals surface area contributed by atoms with Gasteiger partial charge in [-0.05, 0) is 37.8 Å². The fraction of sp³-hybridized carbons (Fsp3) is 0.400. The van der Waals surface area contributed by atoms with Gasteiger partial charge in [-0.3, -0.25) is 0 Å². The molecule has 1 fully saturated rings. The van der Waals surface area contributed by atoms with Gasteiger partial charge in [0.1, 0.15) is 10.8 Å². The summed E-state index contributed by atoms with van der Waals surface area (Å²) in [5.74, 6) is -0.432. The van der Waals surface area contributed by atoms with Crippen molar-refractivity contribution >= 4 is 21.4 Å². The van der Waals surface area contributed by atoms with Crippen molar-refractivity contribution in [2.24, 2.45) is 5.92 Å². The Labute approximate surface area is 146 Å². The average Bonchev–Trinajstić information content (AvgIpc) is 3.25. The van der Waals surface area contributed by atoms with Gasteiger partial charge in [-0.25, -0.2) is 18.1 Å². The first kappa shape index (κ1) is 18.2. The zero-order chi connectivity index (χ0) is 18.2. The number of thiazole rings is 1. The Morgan fingerprint density at radius 1 is 1.36 bits per heavy atom. The quantitative estimate of drug-likeness (QED) is 0.812. The highest BCUT2D eigenvalue weighted by molar-refractivity contribution is 7.89. The van der Waals surface area contributed by atoms with E-state index in [1.165, 1.54) is 23.5 Å². The Kier molecular flexibility index (Phi) is 4.78. The fourth-order valence-corrected chi connectivity index (χ4v) is 4.66. The van der Waals surface area contributed by atoms with Crippen LogP contribution in [0.25, 0.3) is 0 Å². The van der Waals surface area contributed by atoms with Gasteiger partial charge >= 0.3 is 6.36 Å². The zero-order valence-corrected chi connectivity index (χ0v) is 14.7. The second-order valence-corrected chi connectivity index (χ2v) is 8.75. The monoisotopic (exact) mass is 392 g/mol. The minimum absolute atomic E-state index is 0.148. The number of rotatable bonds is 6. The molecule has 3 rings (SSSR count). The van der Waals surface area contributed by atoms with Crippen molar-refractivity contribution in [3.05, 3.63) is 40.3 Å². The molecule has 0 amide bonds. The minimum Gasteiger partial charge on any atom is -0.406 e. The predicted molar refractivity (Wildman–Crippen MR) is 85.8 cm³/mol. The van der Waals surface area contributed by atoms with E-state index < -0.39 is 28.2 Å². The summed E-state index contributed by atoms with van der Waals surface area (Å²) in [5, 5.41) is 0.659. The maximum Gasteiger partial charge on any atom is 0.573 e. The summed E-state index contributed by atoms with van der Waals surface area (Å²) < 4.78 is 68.5. The van der Waals surface area contributed by atoms with E-state index in [0.29, 0.717) is 5.01 Å². The highest BCUT2D eigenvalue weighted by Gasteiger charge is 2.37. The number of halogens is 3. The first-order valence-corrected chi connectivity index (χ1v) is 9.74. The Hall–Kier alpha value is -1.65. The van der Waals surface area contributed by atoms with Gasteiger partial charge in [0.25, 0.3) is 0 Å². The van der Waals surface area contributed by atoms with Crippen LogP contribution in [0.3, 0.4) is 0 Å². The second-order valence-electron chi connectivity index (χ2n) is 5.77. The van der Waals surface area contributed by atoms with Crippen molar-refractivity contribution in [1.82, 2.24) is 9.71 Å². The number of ether oxygens (including phenoxy) is 1. The van der Waals surface area contributed by atoms with Gasteiger partial charge < -0.3 is 4.74 Å². The minimum atomic E-state index is -4.88. The number of aromatic nitrogens is 1. The molecule has 1 atom stereocenters. The predicted octanol–water partition coefficient (Wildman–Crippen LogP) is 3.78. The van der Waals surface area contributed by atoms with E-state index in [1.54, 1.807) is 6.20 Å². The molecule has 1 aromatic carbocycles. The van der Waals surface area contributed by atoms with Crippen molar-refractivity contribution < 1.29 is 26.3 Å². The molecule has 0 saturated heterocycles. The van der Waals surface area contributed by atoms with E-state index in [-0.39, 0.29) is 10.8 Å². The van der Waals surface area contributed by atoms with E-state index in [1.807, 2.05) is 6.92 Å². The number of benzene rings is 1. The molecule has 0 bridgehead atoms. The Morgan fingerprint density at radius 2 is 2.08 bits per heavy atom. The standard InChI is InChI=1S/C15H15F3N2O3S2/c1-9-8-19-14(24-9)13(10-5-6-10)20-25(21,22)12-4-2-3-11(7-12)23-15(16,17)18/h2-4,7-8,10,13,20H,5-6H2,1H3. The molecule has 5 nitrogen and oxygen atoms in total. The number of sulfonamides is 1. The van der Waals surface area contributed by atoms with E-state index in [2.05, 4.69) is 14.4 Å². The van der Waals surface area contributed by atoms with Crippen molar-refractivity contribution in [2.75, 3.05) is 0 Å². The molecule has 1 aliphatic carbocycles. The highest BCUT2D eigenvalue weighted by Crippen LogP contribution is 2.42. The second kappa shape index (κ2) is 6.58. The van der Waals surface area contributed by atoms with Crippen LogP contribution in [0.1, 0.15) is 28.8 Å². The average molecular weight is 392 g/mol. The van der Waals surface area contributed by atoms with Crippen LogP contribution in [0, 0.1) is 12.8 Å². The molecule has 0 radical (unpaired) electrons. The number of nitrogens with one attached hydrogen (secondary N) is 1. The van der Waals surface area contributed by atoms with E-state index in [4.69, 9.17) is 0 Å². The largest absolute Gasteiger partial charge is 0.573 e. The highest BCUT2D eigenvalue weighted by atomic mass is 32.2. The van der Waals surface area contributed by atoms with Crippen LogP contribution in [0.4, 0.5) is 13.2 Å². The van der Waals surface area contributed by atoms with Crippen molar-refractivity contribution in [3.8, 4) is 5.75 Å². The number of hydrogen-bond donors (Lipinski definition) is 1. The van der Waals surface area contributed by atoms with Gasteiger partial charge in [0, 0.05) is 17.1 Å². The molecule has 0 spiro atoms. The normalized spacial score (nSPS) is 16.6. The summed E-state index contributed by atoms with van der Waals surface area (Å²) in [6, 6.07) is 3.86. The SMILES string of the molecule is Cc1cnc(C(NS(=O)(=O)c2cccc(OC(F)(F)F)c2)C2CC2)s1. The van der Waals surface area contributed by atoms with Crippen molar-refractivity contribution in [1.29, 1.82) is 0 Å². The molecule has 2 aromatic rings. The molecule has 25 heavy (non-hydrogen) atoms. The van der Waals surface area contributed by atoms with Gasteiger partial charge in [-0.1, -0.05) is 6.07 Å². The van der Waals surface area contributed by atoms with Gasteiger partial charge in [-0.2, -0.15) is 0 Å². The maximum atomic E-state index is 12.6. The lowest BCUT2D eigenvalue weighted by Gasteiger charge is -2.17. The molecule has 136 valence electrons. The topological polar surface area (TPSA) is 68.3 Å². The molecule has 1 aliphatic rings. The summed E-state index contributed by atoms with van der Waals surface area (Å²) in [4.78, 5) is 4.91. The Balaban J connectivity index is 1.84. The van der Waals surface area contributed by atoms with Crippen LogP contribution >= 0.6 is 11.3 Å². The number of alkyl halides is 3. The summed E-state index contributed by atoms with van der Waals surface area (Å²) in [7, 11) is -4.01. The fourth-order valence-electron chi connectivity index (χ4n) is 2.37. The summed E-state index contributed by atoms with van der Waals surface area (Å²) >= 11 is 1.40. The molecular weight excluding hydrogens is 377 g/mol. The maximum absolute atomic E-state index is 12.6. The molecule has 1 N–H and O–H groups in total. The third-order valence-electron chi connectivity index (χ3n) is 3.63. The summed E-state index contributed by atoms with van der Waals surface area (Å²) in [6.45, 7) is 1.87. The van der Waals surface area contributed by atoms with E-state index >= 15 is 0 Å². The smallest absolute Gasteiger partial charge is 0.406 e. The molecule has 1 heterocycles. The third-order valence-corrected chi connectivity index (χ3v) is 6.06. The first-order valence-electron chi connectivity index (χ1n) is 7.44. The van der Waals surface area contributed by atoms with E-state index in [9.17, 15) is 21.6 Å². The lowest BCUT2D eigenvalue weighted by molar-refractivity contribution is -0.274. The molecule has 1 unspecified atom stereocenters. The number of aryl methyl sites for hydroxylation is 1. The van der Waals surface area contributed by atoms with Crippen LogP contribution in [-0.4, -0.2) is 19.8 Å². The van der Waals surface area contributed by atoms with Crippen LogP contribution in [0.5, 0.6) is 5.75 Å². The molecular formula is C15H15F3N2O3S2. The van der Waals surface area contributed by atoms with E-state index in [0.717, 1.165) is 29.9 Å². The number of hydrogen-bond acceptors (Lipinski definition) is 5. The van der Waals surface area contributed by atoms with Crippen LogP contribution in [-0.2, 0) is 10.0 Å². The molecule has 10 heteroatoms. The third kappa shape index (κ3) is 4.71. The van der Waals surface area contributed by atoms with Crippen molar-refractivity contribution in [3.63, 3.8) is 0 Å². The molecule has 0 aliphatic heterocycles. The lowest BCUT2D eigenvalue weighted by atomic mass is 10.2. The first-order chi connectivity index (χ1) is 11.6. The van der Waals surface area contributed by atoms with Crippen LogP contribution in [0.15, 0.2) is 35.4 Å². The lowest BCUT2D eigenvalue weighted by Crippen LogP contribution is -2.30. The summed E-state index contributed by atoms with van der Waals surface area (Å²) in [6.07, 6.45) is -1.46. The number of nitrogens with zero attached hydrogens (tertiary/aromatic N) is 1. The van der Waals surface area contributed by atoms with Gasteiger partial charge in [0.05, 0.1) is 10.9 Å². The van der Waals surface area contributed by atoms with Crippen molar-refractivity contribution in [2.45, 2.75) is 37.1 Å². The Morgan fingerprint density at radius 3 is 2.64 bits per heavy atom. The Bertz CT molecular complexity index is 861. The van der Waals surface area contributed by atoms with Gasteiger partial charge in [0.2, 0.25) is 10.0 Å². The zero-order valence-electron chi connectivity index (χ0n) is 13.1. The van der Waals surface area contributed by atoms with Crippen LogP contribution in [0.2, 0.25) is 0 Å². The van der Waals surface area contributed by atoms with Crippen LogP contribution < -0.4 is 9.46 Å². The molecule has 1 aromatic heterocycles. The summed E-state index contributed by atoms with van der Waals surface area (Å²) in [5.41, 5.74) is 0. The molecule has 1 saturated carbocycles. The van der Waals surface area contributed by atoms with Gasteiger partial charge in [0.15, 0.2) is 0 Å².